The highest BCUT2D eigenvalue weighted by Crippen LogP contribution is 2.24. The first kappa shape index (κ1) is 13.2. The fourth-order valence-corrected chi connectivity index (χ4v) is 1.92. The van der Waals surface area contributed by atoms with Gasteiger partial charge in [0, 0.05) is 10.0 Å². The summed E-state index contributed by atoms with van der Waals surface area (Å²) in [5.74, 6) is 0.526. The molecule has 4 nitrogen and oxygen atoms in total. The topological polar surface area (TPSA) is 64.9 Å². The molecule has 18 heavy (non-hydrogen) atoms. The molecule has 0 bridgehead atoms. The van der Waals surface area contributed by atoms with Crippen LogP contribution in [0.15, 0.2) is 27.2 Å². The molecule has 1 heterocycles. The van der Waals surface area contributed by atoms with E-state index < -0.39 is 0 Å². The van der Waals surface area contributed by atoms with Crippen LogP contribution >= 0.6 is 15.9 Å². The van der Waals surface area contributed by atoms with Gasteiger partial charge in [0.25, 0.3) is 0 Å². The molecule has 2 aromatic rings. The summed E-state index contributed by atoms with van der Waals surface area (Å²) in [6.45, 7) is 3.93. The minimum Gasteiger partial charge on any atom is -0.337 e. The Kier molecular flexibility index (Phi) is 3.77. The van der Waals surface area contributed by atoms with E-state index in [2.05, 4.69) is 26.1 Å². The van der Waals surface area contributed by atoms with Crippen LogP contribution in [0.1, 0.15) is 25.8 Å². The Bertz CT molecular complexity index is 536. The lowest BCUT2D eigenvalue weighted by atomic mass is 10.1. The Hall–Kier alpha value is -1.27. The van der Waals surface area contributed by atoms with Crippen LogP contribution in [0.25, 0.3) is 11.4 Å². The molecule has 0 amide bonds. The number of halogens is 2. The van der Waals surface area contributed by atoms with Crippen molar-refractivity contribution in [2.24, 2.45) is 11.7 Å². The molecule has 0 aliphatic carbocycles. The molecule has 0 aliphatic rings. The predicted octanol–water partition coefficient (Wildman–Crippen LogP) is 3.29. The Labute approximate surface area is 113 Å². The maximum atomic E-state index is 13.3. The monoisotopic (exact) mass is 313 g/mol. The van der Waals surface area contributed by atoms with Gasteiger partial charge in [-0.1, -0.05) is 34.9 Å². The Balaban J connectivity index is 2.35. The highest BCUT2D eigenvalue weighted by Gasteiger charge is 2.19. The molecule has 2 rings (SSSR count). The van der Waals surface area contributed by atoms with Gasteiger partial charge < -0.3 is 10.3 Å². The summed E-state index contributed by atoms with van der Waals surface area (Å²) < 4.78 is 19.0. The first-order valence-electron chi connectivity index (χ1n) is 5.53. The van der Waals surface area contributed by atoms with Crippen LogP contribution in [-0.4, -0.2) is 10.1 Å². The van der Waals surface area contributed by atoms with Crippen LogP contribution in [0, 0.1) is 11.7 Å². The van der Waals surface area contributed by atoms with E-state index in [0.29, 0.717) is 21.8 Å². The van der Waals surface area contributed by atoms with E-state index in [0.717, 1.165) is 0 Å². The van der Waals surface area contributed by atoms with Gasteiger partial charge in [-0.2, -0.15) is 4.98 Å². The number of rotatable bonds is 3. The van der Waals surface area contributed by atoms with Gasteiger partial charge in [0.15, 0.2) is 0 Å². The van der Waals surface area contributed by atoms with E-state index in [1.807, 2.05) is 13.8 Å². The average Bonchev–Trinajstić information content (AvgIpc) is 2.75. The third-order valence-corrected chi connectivity index (χ3v) is 3.02. The third kappa shape index (κ3) is 2.76. The molecule has 6 heteroatoms. The van der Waals surface area contributed by atoms with Gasteiger partial charge in [-0.3, -0.25) is 0 Å². The van der Waals surface area contributed by atoms with E-state index in [1.165, 1.54) is 12.1 Å². The van der Waals surface area contributed by atoms with E-state index in [4.69, 9.17) is 10.3 Å². The van der Waals surface area contributed by atoms with E-state index in [-0.39, 0.29) is 17.8 Å². The smallest absolute Gasteiger partial charge is 0.244 e. The van der Waals surface area contributed by atoms with Crippen LogP contribution in [0.5, 0.6) is 0 Å². The summed E-state index contributed by atoms with van der Waals surface area (Å²) in [6.07, 6.45) is 0. The lowest BCUT2D eigenvalue weighted by Crippen LogP contribution is -2.16. The Morgan fingerprint density at radius 3 is 2.67 bits per heavy atom. The zero-order chi connectivity index (χ0) is 13.3. The van der Waals surface area contributed by atoms with E-state index >= 15 is 0 Å². The fraction of sp³-hybridized carbons (Fsp3) is 0.333. The van der Waals surface area contributed by atoms with Gasteiger partial charge in [-0.05, 0) is 24.1 Å². The van der Waals surface area contributed by atoms with Crippen molar-refractivity contribution in [2.75, 3.05) is 0 Å². The van der Waals surface area contributed by atoms with Crippen molar-refractivity contribution >= 4 is 15.9 Å². The van der Waals surface area contributed by atoms with Gasteiger partial charge in [-0.15, -0.1) is 0 Å². The Morgan fingerprint density at radius 1 is 1.33 bits per heavy atom. The van der Waals surface area contributed by atoms with Crippen LogP contribution in [0.3, 0.4) is 0 Å². The molecule has 0 spiro atoms. The van der Waals surface area contributed by atoms with Gasteiger partial charge in [0.1, 0.15) is 5.82 Å². The van der Waals surface area contributed by atoms with Crippen LogP contribution < -0.4 is 5.73 Å². The highest BCUT2D eigenvalue weighted by molar-refractivity contribution is 9.10. The summed E-state index contributed by atoms with van der Waals surface area (Å²) in [6, 6.07) is 4.12. The van der Waals surface area contributed by atoms with Crippen LogP contribution in [0.2, 0.25) is 0 Å². The number of nitrogens with zero attached hydrogens (tertiary/aromatic N) is 2. The molecule has 1 aromatic carbocycles. The molecule has 0 fully saturated rings. The molecule has 2 N–H and O–H groups in total. The molecular formula is C12H13BrFN3O. The highest BCUT2D eigenvalue weighted by atomic mass is 79.9. The standard InChI is InChI=1S/C12H13BrFN3O/c1-6(2)10(15)12-16-11(17-18-12)7-3-8(13)5-9(14)4-7/h3-6,10H,15H2,1-2H3/t10-/m0/s1. The molecule has 0 unspecified atom stereocenters. The summed E-state index contributed by atoms with van der Waals surface area (Å²) in [5.41, 5.74) is 6.46. The molecule has 96 valence electrons. The lowest BCUT2D eigenvalue weighted by Gasteiger charge is -2.09. The molecule has 1 aromatic heterocycles. The average molecular weight is 314 g/mol. The molecule has 0 saturated carbocycles. The zero-order valence-electron chi connectivity index (χ0n) is 10.0. The van der Waals surface area contributed by atoms with E-state index in [1.54, 1.807) is 6.07 Å². The summed E-state index contributed by atoms with van der Waals surface area (Å²) in [7, 11) is 0. The predicted molar refractivity (Wildman–Crippen MR) is 69.2 cm³/mol. The quantitative estimate of drug-likeness (QED) is 0.944. The van der Waals surface area contributed by atoms with Crippen LogP contribution in [-0.2, 0) is 0 Å². The first-order valence-corrected chi connectivity index (χ1v) is 6.32. The lowest BCUT2D eigenvalue weighted by molar-refractivity contribution is 0.325. The third-order valence-electron chi connectivity index (χ3n) is 2.57. The molecule has 0 aliphatic heterocycles. The summed E-state index contributed by atoms with van der Waals surface area (Å²) in [5, 5.41) is 3.82. The fourth-order valence-electron chi connectivity index (χ4n) is 1.46. The zero-order valence-corrected chi connectivity index (χ0v) is 11.6. The normalized spacial score (nSPS) is 13.0. The number of hydrogen-bond acceptors (Lipinski definition) is 4. The van der Waals surface area contributed by atoms with Crippen molar-refractivity contribution in [1.82, 2.24) is 10.1 Å². The minimum absolute atomic E-state index is 0.192. The van der Waals surface area contributed by atoms with Crippen molar-refractivity contribution < 1.29 is 8.91 Å². The van der Waals surface area contributed by atoms with E-state index in [9.17, 15) is 4.39 Å². The molecule has 1 atom stereocenters. The van der Waals surface area contributed by atoms with Gasteiger partial charge >= 0.3 is 0 Å². The van der Waals surface area contributed by atoms with Gasteiger partial charge in [-0.25, -0.2) is 4.39 Å². The first-order chi connectivity index (χ1) is 8.47. The van der Waals surface area contributed by atoms with Gasteiger partial charge in [0.05, 0.1) is 6.04 Å². The van der Waals surface area contributed by atoms with Crippen molar-refractivity contribution in [2.45, 2.75) is 19.9 Å². The van der Waals surface area contributed by atoms with Gasteiger partial charge in [0.2, 0.25) is 11.7 Å². The van der Waals surface area contributed by atoms with Crippen molar-refractivity contribution in [3.05, 3.63) is 34.4 Å². The second-order valence-electron chi connectivity index (χ2n) is 4.38. The molecule has 0 saturated heterocycles. The van der Waals surface area contributed by atoms with Crippen molar-refractivity contribution in [3.63, 3.8) is 0 Å². The van der Waals surface area contributed by atoms with Crippen molar-refractivity contribution in [3.8, 4) is 11.4 Å². The molecular weight excluding hydrogens is 301 g/mol. The number of benzene rings is 1. The SMILES string of the molecule is CC(C)[C@H](N)c1nc(-c2cc(F)cc(Br)c2)no1. The minimum atomic E-state index is -0.362. The summed E-state index contributed by atoms with van der Waals surface area (Å²) >= 11 is 3.22. The number of nitrogens with two attached hydrogens (primary N) is 1. The number of hydrogen-bond donors (Lipinski definition) is 1. The summed E-state index contributed by atoms with van der Waals surface area (Å²) in [4.78, 5) is 4.19. The Morgan fingerprint density at radius 2 is 2.06 bits per heavy atom. The maximum absolute atomic E-state index is 13.3. The largest absolute Gasteiger partial charge is 0.337 e. The number of aromatic nitrogens is 2. The van der Waals surface area contributed by atoms with Crippen molar-refractivity contribution in [1.29, 1.82) is 0 Å². The second kappa shape index (κ2) is 5.16. The maximum Gasteiger partial charge on any atom is 0.244 e. The second-order valence-corrected chi connectivity index (χ2v) is 5.30. The molecule has 0 radical (unpaired) electrons. The van der Waals surface area contributed by atoms with Crippen LogP contribution in [0.4, 0.5) is 4.39 Å².